The van der Waals surface area contributed by atoms with Crippen LogP contribution < -0.4 is 4.74 Å². The summed E-state index contributed by atoms with van der Waals surface area (Å²) in [4.78, 5) is 16.7. The van der Waals surface area contributed by atoms with Gasteiger partial charge in [-0.15, -0.1) is 11.3 Å². The van der Waals surface area contributed by atoms with E-state index in [0.717, 1.165) is 16.3 Å². The van der Waals surface area contributed by atoms with Crippen LogP contribution in [0.2, 0.25) is 0 Å². The van der Waals surface area contributed by atoms with Crippen LogP contribution in [-0.2, 0) is 11.8 Å². The normalized spacial score (nSPS) is 10.5. The Morgan fingerprint density at radius 1 is 1.22 bits per heavy atom. The zero-order valence-corrected chi connectivity index (χ0v) is 13.3. The number of carbonyl (C=O) groups is 1. The van der Waals surface area contributed by atoms with Gasteiger partial charge in [-0.2, -0.15) is 5.10 Å². The second-order valence-electron chi connectivity index (χ2n) is 4.73. The molecule has 0 N–H and O–H groups in total. The minimum Gasteiger partial charge on any atom is -0.490 e. The Balaban J connectivity index is 1.50. The Morgan fingerprint density at radius 3 is 2.78 bits per heavy atom. The van der Waals surface area contributed by atoms with Gasteiger partial charge in [0.2, 0.25) is 0 Å². The molecular formula is C16H15N3O3S. The minimum absolute atomic E-state index is 0.188. The van der Waals surface area contributed by atoms with Gasteiger partial charge in [0, 0.05) is 18.8 Å². The van der Waals surface area contributed by atoms with E-state index in [1.807, 2.05) is 43.6 Å². The van der Waals surface area contributed by atoms with Gasteiger partial charge in [-0.25, -0.2) is 9.78 Å². The fraction of sp³-hybridized carbons (Fsp3) is 0.188. The van der Waals surface area contributed by atoms with Crippen molar-refractivity contribution in [3.8, 4) is 16.3 Å². The molecule has 6 nitrogen and oxygen atoms in total. The zero-order chi connectivity index (χ0) is 16.1. The van der Waals surface area contributed by atoms with E-state index in [9.17, 15) is 4.79 Å². The molecule has 0 bridgehead atoms. The summed E-state index contributed by atoms with van der Waals surface area (Å²) < 4.78 is 12.3. The third kappa shape index (κ3) is 3.95. The fourth-order valence-electron chi connectivity index (χ4n) is 1.92. The molecule has 0 aliphatic rings. The lowest BCUT2D eigenvalue weighted by Gasteiger charge is -2.06. The fourth-order valence-corrected chi connectivity index (χ4v) is 2.70. The molecule has 118 valence electrons. The van der Waals surface area contributed by atoms with E-state index in [1.54, 1.807) is 10.9 Å². The molecule has 3 aromatic rings. The first-order chi connectivity index (χ1) is 11.2. The number of esters is 1. The van der Waals surface area contributed by atoms with Crippen LogP contribution in [0, 0.1) is 0 Å². The highest BCUT2D eigenvalue weighted by atomic mass is 32.1. The van der Waals surface area contributed by atoms with Crippen molar-refractivity contribution >= 4 is 17.3 Å². The number of nitrogens with zero attached hydrogens (tertiary/aromatic N) is 3. The van der Waals surface area contributed by atoms with E-state index in [0.29, 0.717) is 11.5 Å². The number of hydrogen-bond donors (Lipinski definition) is 0. The van der Waals surface area contributed by atoms with E-state index in [1.165, 1.54) is 17.5 Å². The SMILES string of the molecule is Cn1cc(-c2ncc(C(=O)OCCOc3ccccc3)s2)cn1. The molecule has 0 spiro atoms. The first-order valence-corrected chi connectivity index (χ1v) is 7.84. The van der Waals surface area contributed by atoms with Crippen molar-refractivity contribution in [3.05, 3.63) is 53.8 Å². The molecule has 3 rings (SSSR count). The molecule has 1 aromatic carbocycles. The number of thiazole rings is 1. The van der Waals surface area contributed by atoms with Crippen LogP contribution in [0.25, 0.3) is 10.6 Å². The Labute approximate surface area is 137 Å². The van der Waals surface area contributed by atoms with Crippen LogP contribution in [0.15, 0.2) is 48.9 Å². The second kappa shape index (κ2) is 7.06. The highest BCUT2D eigenvalue weighted by Crippen LogP contribution is 2.24. The van der Waals surface area contributed by atoms with Gasteiger partial charge in [0.05, 0.1) is 12.4 Å². The number of para-hydroxylation sites is 1. The predicted molar refractivity (Wildman–Crippen MR) is 86.5 cm³/mol. The summed E-state index contributed by atoms with van der Waals surface area (Å²) in [6.45, 7) is 0.498. The number of carbonyl (C=O) groups excluding carboxylic acids is 1. The molecule has 23 heavy (non-hydrogen) atoms. The molecule has 2 aromatic heterocycles. The van der Waals surface area contributed by atoms with Crippen molar-refractivity contribution in [2.45, 2.75) is 0 Å². The third-order valence-corrected chi connectivity index (χ3v) is 4.01. The summed E-state index contributed by atoms with van der Waals surface area (Å²) in [7, 11) is 1.83. The Bertz CT molecular complexity index is 783. The molecule has 0 saturated carbocycles. The number of benzene rings is 1. The molecule has 7 heteroatoms. The van der Waals surface area contributed by atoms with E-state index >= 15 is 0 Å². The van der Waals surface area contributed by atoms with E-state index in [4.69, 9.17) is 9.47 Å². The minimum atomic E-state index is -0.394. The molecule has 0 aliphatic carbocycles. The lowest BCUT2D eigenvalue weighted by molar-refractivity contribution is 0.0456. The molecule has 0 amide bonds. The van der Waals surface area contributed by atoms with Crippen molar-refractivity contribution in [1.82, 2.24) is 14.8 Å². The monoisotopic (exact) mass is 329 g/mol. The van der Waals surface area contributed by atoms with Crippen molar-refractivity contribution in [1.29, 1.82) is 0 Å². The number of hydrogen-bond acceptors (Lipinski definition) is 6. The van der Waals surface area contributed by atoms with Gasteiger partial charge in [0.1, 0.15) is 28.8 Å². The number of rotatable bonds is 6. The average Bonchev–Trinajstić information content (AvgIpc) is 3.21. The van der Waals surface area contributed by atoms with Crippen LogP contribution in [0.4, 0.5) is 0 Å². The summed E-state index contributed by atoms with van der Waals surface area (Å²) >= 11 is 1.28. The summed E-state index contributed by atoms with van der Waals surface area (Å²) in [6, 6.07) is 9.39. The van der Waals surface area contributed by atoms with Gasteiger partial charge >= 0.3 is 5.97 Å². The van der Waals surface area contributed by atoms with Crippen molar-refractivity contribution in [2.75, 3.05) is 13.2 Å². The maximum absolute atomic E-state index is 12.0. The smallest absolute Gasteiger partial charge is 0.350 e. The van der Waals surface area contributed by atoms with E-state index in [-0.39, 0.29) is 6.61 Å². The first kappa shape index (κ1) is 15.2. The Morgan fingerprint density at radius 2 is 2.04 bits per heavy atom. The molecule has 0 fully saturated rings. The second-order valence-corrected chi connectivity index (χ2v) is 5.76. The highest BCUT2D eigenvalue weighted by molar-refractivity contribution is 7.16. The van der Waals surface area contributed by atoms with Crippen LogP contribution in [0.3, 0.4) is 0 Å². The van der Waals surface area contributed by atoms with Crippen molar-refractivity contribution in [2.24, 2.45) is 7.05 Å². The van der Waals surface area contributed by atoms with Crippen LogP contribution >= 0.6 is 11.3 Å². The lowest BCUT2D eigenvalue weighted by atomic mass is 10.3. The molecule has 0 radical (unpaired) electrons. The van der Waals surface area contributed by atoms with Crippen LogP contribution in [-0.4, -0.2) is 33.9 Å². The molecule has 0 saturated heterocycles. The van der Waals surface area contributed by atoms with Gasteiger partial charge in [0.25, 0.3) is 0 Å². The first-order valence-electron chi connectivity index (χ1n) is 7.02. The zero-order valence-electron chi connectivity index (χ0n) is 12.5. The van der Waals surface area contributed by atoms with Crippen molar-refractivity contribution < 1.29 is 14.3 Å². The van der Waals surface area contributed by atoms with E-state index < -0.39 is 5.97 Å². The molecule has 0 aliphatic heterocycles. The molecule has 0 unspecified atom stereocenters. The Hall–Kier alpha value is -2.67. The summed E-state index contributed by atoms with van der Waals surface area (Å²) in [5.74, 6) is 0.356. The topological polar surface area (TPSA) is 66.2 Å². The maximum Gasteiger partial charge on any atom is 0.350 e. The average molecular weight is 329 g/mol. The summed E-state index contributed by atoms with van der Waals surface area (Å²) in [5.41, 5.74) is 0.879. The van der Waals surface area contributed by atoms with Crippen LogP contribution in [0.5, 0.6) is 5.75 Å². The third-order valence-electron chi connectivity index (χ3n) is 2.99. The highest BCUT2D eigenvalue weighted by Gasteiger charge is 2.13. The van der Waals surface area contributed by atoms with Gasteiger partial charge in [-0.1, -0.05) is 18.2 Å². The van der Waals surface area contributed by atoms with Gasteiger partial charge < -0.3 is 9.47 Å². The summed E-state index contributed by atoms with van der Waals surface area (Å²) in [6.07, 6.45) is 5.08. The lowest BCUT2D eigenvalue weighted by Crippen LogP contribution is -2.11. The van der Waals surface area contributed by atoms with Gasteiger partial charge in [-0.05, 0) is 12.1 Å². The molecule has 0 atom stereocenters. The van der Waals surface area contributed by atoms with Gasteiger partial charge in [0.15, 0.2) is 0 Å². The van der Waals surface area contributed by atoms with Gasteiger partial charge in [-0.3, -0.25) is 4.68 Å². The number of aryl methyl sites for hydroxylation is 1. The van der Waals surface area contributed by atoms with Crippen molar-refractivity contribution in [3.63, 3.8) is 0 Å². The van der Waals surface area contributed by atoms with Crippen LogP contribution in [0.1, 0.15) is 9.67 Å². The Kier molecular flexibility index (Phi) is 4.68. The quantitative estimate of drug-likeness (QED) is 0.514. The predicted octanol–water partition coefficient (Wildman–Crippen LogP) is 2.78. The summed E-state index contributed by atoms with van der Waals surface area (Å²) in [5, 5.41) is 4.83. The maximum atomic E-state index is 12.0. The molecular weight excluding hydrogens is 314 g/mol. The van der Waals surface area contributed by atoms with E-state index in [2.05, 4.69) is 10.1 Å². The number of aromatic nitrogens is 3. The standard InChI is InChI=1S/C16H15N3O3S/c1-19-11-12(9-18-19)15-17-10-14(23-15)16(20)22-8-7-21-13-5-3-2-4-6-13/h2-6,9-11H,7-8H2,1H3. The molecule has 2 heterocycles. The largest absolute Gasteiger partial charge is 0.490 e. The number of ether oxygens (including phenoxy) is 2.